The zero-order valence-electron chi connectivity index (χ0n) is 8.27. The van der Waals surface area contributed by atoms with E-state index in [1.165, 1.54) is 0 Å². The normalized spacial score (nSPS) is 27.0. The Morgan fingerprint density at radius 1 is 1.57 bits per heavy atom. The predicted octanol–water partition coefficient (Wildman–Crippen LogP) is 0.811. The highest BCUT2D eigenvalue weighted by Gasteiger charge is 2.27. The molecular formula is C9H15N3O2. The predicted molar refractivity (Wildman–Crippen MR) is 49.6 cm³/mol. The van der Waals surface area contributed by atoms with Crippen LogP contribution in [-0.4, -0.2) is 23.3 Å². The van der Waals surface area contributed by atoms with Gasteiger partial charge in [-0.05, 0) is 19.3 Å². The second-order valence-corrected chi connectivity index (χ2v) is 3.75. The zero-order valence-corrected chi connectivity index (χ0v) is 8.27. The highest BCUT2D eigenvalue weighted by molar-refractivity contribution is 4.98. The van der Waals surface area contributed by atoms with Crippen LogP contribution in [0.4, 0.5) is 0 Å². The molecular weight excluding hydrogens is 182 g/mol. The fourth-order valence-electron chi connectivity index (χ4n) is 1.86. The van der Waals surface area contributed by atoms with Crippen LogP contribution in [0.5, 0.6) is 0 Å². The summed E-state index contributed by atoms with van der Waals surface area (Å²) < 4.78 is 10.1. The first-order chi connectivity index (χ1) is 6.79. The fraction of sp³-hybridized carbons (Fsp3) is 0.778. The van der Waals surface area contributed by atoms with E-state index in [1.54, 1.807) is 7.11 Å². The van der Waals surface area contributed by atoms with Gasteiger partial charge in [0, 0.05) is 19.1 Å². The second kappa shape index (κ2) is 4.06. The molecule has 1 heterocycles. The molecule has 14 heavy (non-hydrogen) atoms. The molecule has 0 radical (unpaired) electrons. The van der Waals surface area contributed by atoms with Gasteiger partial charge in [-0.2, -0.15) is 4.98 Å². The number of rotatable bonds is 3. The molecule has 78 valence electrons. The van der Waals surface area contributed by atoms with E-state index in [9.17, 15) is 0 Å². The van der Waals surface area contributed by atoms with Crippen LogP contribution in [0.3, 0.4) is 0 Å². The van der Waals surface area contributed by atoms with Crippen LogP contribution < -0.4 is 5.73 Å². The molecule has 2 atom stereocenters. The number of aromatic nitrogens is 2. The Balaban J connectivity index is 2.02. The number of hydrogen-bond donors (Lipinski definition) is 1. The average molecular weight is 197 g/mol. The highest BCUT2D eigenvalue weighted by atomic mass is 16.5. The van der Waals surface area contributed by atoms with Crippen LogP contribution in [0.15, 0.2) is 4.52 Å². The molecule has 2 N–H and O–H groups in total. The molecule has 1 saturated carbocycles. The van der Waals surface area contributed by atoms with Gasteiger partial charge in [0.05, 0.1) is 0 Å². The summed E-state index contributed by atoms with van der Waals surface area (Å²) >= 11 is 0. The number of hydrogen-bond acceptors (Lipinski definition) is 5. The smallest absolute Gasteiger partial charge is 0.229 e. The summed E-state index contributed by atoms with van der Waals surface area (Å²) in [4.78, 5) is 4.26. The first-order valence-corrected chi connectivity index (χ1v) is 4.86. The maximum atomic E-state index is 5.81. The summed E-state index contributed by atoms with van der Waals surface area (Å²) in [7, 11) is 1.61. The van der Waals surface area contributed by atoms with Gasteiger partial charge >= 0.3 is 0 Å². The third-order valence-corrected chi connectivity index (χ3v) is 2.58. The van der Waals surface area contributed by atoms with E-state index >= 15 is 0 Å². The Kier molecular flexibility index (Phi) is 2.79. The molecule has 0 aliphatic heterocycles. The summed E-state index contributed by atoms with van der Waals surface area (Å²) in [5, 5.41) is 3.82. The molecule has 1 aliphatic carbocycles. The minimum atomic E-state index is 0.290. The van der Waals surface area contributed by atoms with Crippen molar-refractivity contribution < 1.29 is 9.26 Å². The van der Waals surface area contributed by atoms with Crippen LogP contribution in [0.1, 0.15) is 36.9 Å². The Morgan fingerprint density at radius 3 is 3.07 bits per heavy atom. The standard InChI is InChI=1S/C9H15N3O2/c1-13-5-8-11-9(14-12-8)6-2-3-7(10)4-6/h6-7H,2-5,10H2,1H3/t6-,7-/m1/s1. The first-order valence-electron chi connectivity index (χ1n) is 4.86. The number of nitrogens with zero attached hydrogens (tertiary/aromatic N) is 2. The van der Waals surface area contributed by atoms with Crippen LogP contribution in [-0.2, 0) is 11.3 Å². The SMILES string of the molecule is COCc1noc([C@@H]2CC[C@@H](N)C2)n1. The lowest BCUT2D eigenvalue weighted by molar-refractivity contribution is 0.174. The van der Waals surface area contributed by atoms with Gasteiger partial charge in [0.15, 0.2) is 5.82 Å². The van der Waals surface area contributed by atoms with E-state index in [1.807, 2.05) is 0 Å². The molecule has 5 heteroatoms. The van der Waals surface area contributed by atoms with Crippen LogP contribution in [0, 0.1) is 0 Å². The third kappa shape index (κ3) is 1.93. The maximum absolute atomic E-state index is 5.81. The molecule has 1 aromatic rings. The Bertz CT molecular complexity index is 300. The molecule has 1 fully saturated rings. The molecule has 0 amide bonds. The van der Waals surface area contributed by atoms with Crippen LogP contribution in [0.25, 0.3) is 0 Å². The Hall–Kier alpha value is -0.940. The summed E-state index contributed by atoms with van der Waals surface area (Å²) in [6.45, 7) is 0.405. The van der Waals surface area contributed by atoms with E-state index in [2.05, 4.69) is 10.1 Å². The monoisotopic (exact) mass is 197 g/mol. The van der Waals surface area contributed by atoms with Gasteiger partial charge in [-0.15, -0.1) is 0 Å². The Labute approximate surface area is 82.6 Å². The van der Waals surface area contributed by atoms with Crippen molar-refractivity contribution in [3.8, 4) is 0 Å². The van der Waals surface area contributed by atoms with Crippen LogP contribution in [0.2, 0.25) is 0 Å². The number of ether oxygens (including phenoxy) is 1. The molecule has 1 aromatic heterocycles. The van der Waals surface area contributed by atoms with Crippen molar-refractivity contribution in [1.82, 2.24) is 10.1 Å². The van der Waals surface area contributed by atoms with Gasteiger partial charge in [-0.1, -0.05) is 5.16 Å². The summed E-state index contributed by atoms with van der Waals surface area (Å²) in [5.41, 5.74) is 5.81. The van der Waals surface area contributed by atoms with Gasteiger partial charge in [0.25, 0.3) is 0 Å². The van der Waals surface area contributed by atoms with Crippen LogP contribution >= 0.6 is 0 Å². The minimum absolute atomic E-state index is 0.290. The van der Waals surface area contributed by atoms with E-state index in [-0.39, 0.29) is 6.04 Å². The first kappa shape index (κ1) is 9.61. The quantitative estimate of drug-likeness (QED) is 0.776. The number of methoxy groups -OCH3 is 1. The molecule has 1 aliphatic rings. The lowest BCUT2D eigenvalue weighted by Gasteiger charge is -2.01. The zero-order chi connectivity index (χ0) is 9.97. The van der Waals surface area contributed by atoms with Gasteiger partial charge < -0.3 is 15.0 Å². The molecule has 5 nitrogen and oxygen atoms in total. The lowest BCUT2D eigenvalue weighted by Crippen LogP contribution is -2.14. The van der Waals surface area contributed by atoms with Gasteiger partial charge in [-0.3, -0.25) is 0 Å². The fourth-order valence-corrected chi connectivity index (χ4v) is 1.86. The van der Waals surface area contributed by atoms with E-state index < -0.39 is 0 Å². The summed E-state index contributed by atoms with van der Waals surface area (Å²) in [6, 6.07) is 0.290. The lowest BCUT2D eigenvalue weighted by atomic mass is 10.1. The van der Waals surface area contributed by atoms with E-state index in [0.29, 0.717) is 24.2 Å². The molecule has 0 unspecified atom stereocenters. The van der Waals surface area contributed by atoms with Crippen molar-refractivity contribution in [3.63, 3.8) is 0 Å². The molecule has 0 saturated heterocycles. The van der Waals surface area contributed by atoms with Gasteiger partial charge in [0.1, 0.15) is 6.61 Å². The molecule has 0 aromatic carbocycles. The van der Waals surface area contributed by atoms with Crippen molar-refractivity contribution in [3.05, 3.63) is 11.7 Å². The molecule has 2 rings (SSSR count). The van der Waals surface area contributed by atoms with Crippen molar-refractivity contribution >= 4 is 0 Å². The van der Waals surface area contributed by atoms with Crippen molar-refractivity contribution in [1.29, 1.82) is 0 Å². The summed E-state index contributed by atoms with van der Waals surface area (Å²) in [6.07, 6.45) is 3.05. The summed E-state index contributed by atoms with van der Waals surface area (Å²) in [5.74, 6) is 1.68. The molecule has 0 bridgehead atoms. The minimum Gasteiger partial charge on any atom is -0.377 e. The topological polar surface area (TPSA) is 74.2 Å². The van der Waals surface area contributed by atoms with E-state index in [0.717, 1.165) is 19.3 Å². The Morgan fingerprint density at radius 2 is 2.43 bits per heavy atom. The van der Waals surface area contributed by atoms with Crippen molar-refractivity contribution in [2.24, 2.45) is 5.73 Å². The highest BCUT2D eigenvalue weighted by Crippen LogP contribution is 2.32. The third-order valence-electron chi connectivity index (χ3n) is 2.58. The second-order valence-electron chi connectivity index (χ2n) is 3.75. The average Bonchev–Trinajstić information content (AvgIpc) is 2.74. The maximum Gasteiger partial charge on any atom is 0.229 e. The number of nitrogens with two attached hydrogens (primary N) is 1. The largest absolute Gasteiger partial charge is 0.377 e. The van der Waals surface area contributed by atoms with Gasteiger partial charge in [0.2, 0.25) is 5.89 Å². The van der Waals surface area contributed by atoms with E-state index in [4.69, 9.17) is 15.0 Å². The van der Waals surface area contributed by atoms with Gasteiger partial charge in [-0.25, -0.2) is 0 Å². The molecule has 0 spiro atoms. The van der Waals surface area contributed by atoms with Crippen molar-refractivity contribution in [2.45, 2.75) is 37.8 Å². The van der Waals surface area contributed by atoms with Crippen molar-refractivity contribution in [2.75, 3.05) is 7.11 Å².